The SMILES string of the molecule is COC(=O)c1ccc(CN[C@H]2CCCC[C@H]2O)s1. The fraction of sp³-hybridized carbons (Fsp3) is 0.615. The summed E-state index contributed by atoms with van der Waals surface area (Å²) in [5, 5.41) is 13.2. The van der Waals surface area contributed by atoms with Crippen molar-refractivity contribution < 1.29 is 14.6 Å². The van der Waals surface area contributed by atoms with Crippen LogP contribution < -0.4 is 5.32 Å². The molecule has 0 aromatic carbocycles. The summed E-state index contributed by atoms with van der Waals surface area (Å²) in [5.41, 5.74) is 0. The quantitative estimate of drug-likeness (QED) is 0.820. The Labute approximate surface area is 111 Å². The lowest BCUT2D eigenvalue weighted by Crippen LogP contribution is -2.41. The van der Waals surface area contributed by atoms with Gasteiger partial charge in [0.1, 0.15) is 4.88 Å². The predicted octanol–water partition coefficient (Wildman–Crippen LogP) is 1.93. The number of aliphatic hydroxyl groups is 1. The molecule has 1 aromatic heterocycles. The Bertz CT molecular complexity index is 405. The normalized spacial score (nSPS) is 23.9. The number of nitrogens with one attached hydrogen (secondary N) is 1. The first kappa shape index (κ1) is 13.5. The van der Waals surface area contributed by atoms with E-state index < -0.39 is 0 Å². The van der Waals surface area contributed by atoms with Crippen molar-refractivity contribution >= 4 is 17.3 Å². The number of rotatable bonds is 4. The summed E-state index contributed by atoms with van der Waals surface area (Å²) in [6.07, 6.45) is 3.96. The molecule has 0 bridgehead atoms. The van der Waals surface area contributed by atoms with Gasteiger partial charge in [-0.1, -0.05) is 12.8 Å². The molecule has 2 atom stereocenters. The zero-order valence-electron chi connectivity index (χ0n) is 10.5. The van der Waals surface area contributed by atoms with Crippen molar-refractivity contribution in [2.45, 2.75) is 44.4 Å². The molecule has 0 saturated heterocycles. The third-order valence-electron chi connectivity index (χ3n) is 3.32. The van der Waals surface area contributed by atoms with Gasteiger partial charge >= 0.3 is 5.97 Å². The lowest BCUT2D eigenvalue weighted by molar-refractivity contribution is 0.0606. The molecule has 1 saturated carbocycles. The van der Waals surface area contributed by atoms with Gasteiger partial charge in [0.15, 0.2) is 0 Å². The summed E-state index contributed by atoms with van der Waals surface area (Å²) < 4.78 is 4.67. The average molecular weight is 269 g/mol. The van der Waals surface area contributed by atoms with Crippen LogP contribution in [-0.4, -0.2) is 30.3 Å². The maximum absolute atomic E-state index is 11.3. The number of methoxy groups -OCH3 is 1. The lowest BCUT2D eigenvalue weighted by Gasteiger charge is -2.28. The van der Waals surface area contributed by atoms with Crippen molar-refractivity contribution in [3.05, 3.63) is 21.9 Å². The highest BCUT2D eigenvalue weighted by Gasteiger charge is 2.22. The van der Waals surface area contributed by atoms with Crippen LogP contribution in [0.2, 0.25) is 0 Å². The molecule has 0 amide bonds. The molecule has 4 nitrogen and oxygen atoms in total. The van der Waals surface area contributed by atoms with E-state index in [0.717, 1.165) is 24.1 Å². The maximum Gasteiger partial charge on any atom is 0.348 e. The standard InChI is InChI=1S/C13H19NO3S/c1-17-13(16)12-7-6-9(18-12)8-14-10-4-2-3-5-11(10)15/h6-7,10-11,14-15H,2-5,8H2,1H3/t10-,11+/m0/s1. The first-order valence-corrected chi connectivity index (χ1v) is 7.11. The molecule has 2 rings (SSSR count). The van der Waals surface area contributed by atoms with E-state index in [1.807, 2.05) is 6.07 Å². The minimum absolute atomic E-state index is 0.183. The lowest BCUT2D eigenvalue weighted by atomic mass is 9.92. The van der Waals surface area contributed by atoms with Crippen molar-refractivity contribution in [3.63, 3.8) is 0 Å². The van der Waals surface area contributed by atoms with Crippen LogP contribution in [-0.2, 0) is 11.3 Å². The number of thiophene rings is 1. The summed E-state index contributed by atoms with van der Waals surface area (Å²) in [5.74, 6) is -0.288. The van der Waals surface area contributed by atoms with E-state index >= 15 is 0 Å². The van der Waals surface area contributed by atoms with Crippen LogP contribution in [0.1, 0.15) is 40.2 Å². The summed E-state index contributed by atoms with van der Waals surface area (Å²) in [6, 6.07) is 3.90. The first-order valence-electron chi connectivity index (χ1n) is 6.29. The van der Waals surface area contributed by atoms with Gasteiger partial charge in [-0.2, -0.15) is 0 Å². The zero-order chi connectivity index (χ0) is 13.0. The number of hydrogen-bond acceptors (Lipinski definition) is 5. The first-order chi connectivity index (χ1) is 8.70. The predicted molar refractivity (Wildman–Crippen MR) is 70.8 cm³/mol. The fourth-order valence-corrected chi connectivity index (χ4v) is 3.14. The second-order valence-corrected chi connectivity index (χ2v) is 5.77. The smallest absolute Gasteiger partial charge is 0.348 e. The summed E-state index contributed by atoms with van der Waals surface area (Å²) in [4.78, 5) is 13.0. The van der Waals surface area contributed by atoms with E-state index in [1.54, 1.807) is 6.07 Å². The molecule has 0 radical (unpaired) electrons. The Kier molecular flexibility index (Phi) is 4.74. The van der Waals surface area contributed by atoms with Crippen LogP contribution in [0.15, 0.2) is 12.1 Å². The van der Waals surface area contributed by atoms with E-state index in [1.165, 1.54) is 24.9 Å². The molecule has 0 unspecified atom stereocenters. The molecule has 1 heterocycles. The Morgan fingerprint density at radius 2 is 2.28 bits per heavy atom. The van der Waals surface area contributed by atoms with Gasteiger partial charge in [0, 0.05) is 17.5 Å². The van der Waals surface area contributed by atoms with E-state index in [4.69, 9.17) is 0 Å². The minimum atomic E-state index is -0.288. The molecule has 1 aromatic rings. The summed E-state index contributed by atoms with van der Waals surface area (Å²) in [7, 11) is 1.39. The maximum atomic E-state index is 11.3. The van der Waals surface area contributed by atoms with Crippen molar-refractivity contribution in [1.29, 1.82) is 0 Å². The van der Waals surface area contributed by atoms with Gasteiger partial charge in [-0.25, -0.2) is 4.79 Å². The van der Waals surface area contributed by atoms with E-state index in [2.05, 4.69) is 10.1 Å². The molecule has 0 spiro atoms. The van der Waals surface area contributed by atoms with Gasteiger partial charge in [0.2, 0.25) is 0 Å². The van der Waals surface area contributed by atoms with Crippen LogP contribution in [0.4, 0.5) is 0 Å². The molecular weight excluding hydrogens is 250 g/mol. The van der Waals surface area contributed by atoms with Gasteiger partial charge in [-0.3, -0.25) is 0 Å². The largest absolute Gasteiger partial charge is 0.465 e. The molecule has 0 aliphatic heterocycles. The highest BCUT2D eigenvalue weighted by Crippen LogP contribution is 2.21. The van der Waals surface area contributed by atoms with E-state index in [-0.39, 0.29) is 18.1 Å². The molecule has 18 heavy (non-hydrogen) atoms. The second-order valence-electron chi connectivity index (χ2n) is 4.60. The molecule has 1 aliphatic rings. The number of aliphatic hydroxyl groups excluding tert-OH is 1. The average Bonchev–Trinajstić information content (AvgIpc) is 2.86. The monoisotopic (exact) mass is 269 g/mol. The van der Waals surface area contributed by atoms with Gasteiger partial charge in [0.05, 0.1) is 13.2 Å². The van der Waals surface area contributed by atoms with Crippen LogP contribution in [0.3, 0.4) is 0 Å². The van der Waals surface area contributed by atoms with E-state index in [9.17, 15) is 9.90 Å². The summed E-state index contributed by atoms with van der Waals surface area (Å²) >= 11 is 1.44. The molecule has 1 fully saturated rings. The van der Waals surface area contributed by atoms with Gasteiger partial charge in [-0.05, 0) is 25.0 Å². The van der Waals surface area contributed by atoms with Crippen LogP contribution in [0.5, 0.6) is 0 Å². The van der Waals surface area contributed by atoms with Crippen LogP contribution in [0.25, 0.3) is 0 Å². The van der Waals surface area contributed by atoms with Gasteiger partial charge in [-0.15, -0.1) is 11.3 Å². The Morgan fingerprint density at radius 1 is 1.50 bits per heavy atom. The van der Waals surface area contributed by atoms with Crippen molar-refractivity contribution in [1.82, 2.24) is 5.32 Å². The molecule has 1 aliphatic carbocycles. The van der Waals surface area contributed by atoms with Gasteiger partial charge < -0.3 is 15.2 Å². The van der Waals surface area contributed by atoms with Crippen LogP contribution in [0, 0.1) is 0 Å². The number of carbonyl (C=O) groups excluding carboxylic acids is 1. The topological polar surface area (TPSA) is 58.6 Å². The number of esters is 1. The third-order valence-corrected chi connectivity index (χ3v) is 4.38. The highest BCUT2D eigenvalue weighted by molar-refractivity contribution is 7.13. The molecule has 5 heteroatoms. The zero-order valence-corrected chi connectivity index (χ0v) is 11.3. The Morgan fingerprint density at radius 3 is 3.00 bits per heavy atom. The molecule has 100 valence electrons. The Balaban J connectivity index is 1.86. The minimum Gasteiger partial charge on any atom is -0.465 e. The Hall–Kier alpha value is -0.910. The number of carbonyl (C=O) groups is 1. The fourth-order valence-electron chi connectivity index (χ4n) is 2.26. The highest BCUT2D eigenvalue weighted by atomic mass is 32.1. The van der Waals surface area contributed by atoms with Crippen molar-refractivity contribution in [3.8, 4) is 0 Å². The van der Waals surface area contributed by atoms with Crippen molar-refractivity contribution in [2.24, 2.45) is 0 Å². The third kappa shape index (κ3) is 3.31. The molecule has 2 N–H and O–H groups in total. The summed E-state index contributed by atoms with van der Waals surface area (Å²) in [6.45, 7) is 0.698. The number of ether oxygens (including phenoxy) is 1. The van der Waals surface area contributed by atoms with Gasteiger partial charge in [0.25, 0.3) is 0 Å². The second kappa shape index (κ2) is 6.31. The van der Waals surface area contributed by atoms with Crippen molar-refractivity contribution in [2.75, 3.05) is 7.11 Å². The van der Waals surface area contributed by atoms with E-state index in [0.29, 0.717) is 11.4 Å². The molecular formula is C13H19NO3S. The van der Waals surface area contributed by atoms with Crippen LogP contribution >= 0.6 is 11.3 Å². The number of hydrogen-bond donors (Lipinski definition) is 2.